The summed E-state index contributed by atoms with van der Waals surface area (Å²) in [5.41, 5.74) is 0. The first-order chi connectivity index (χ1) is 11.5. The first kappa shape index (κ1) is 22.5. The Morgan fingerprint density at radius 3 is 2.80 bits per heavy atom. The Hall–Kier alpha value is -0.550. The van der Waals surface area contributed by atoms with Gasteiger partial charge in [-0.3, -0.25) is 4.99 Å². The molecule has 1 N–H and O–H groups in total. The maximum absolute atomic E-state index is 13.7. The second-order valence-electron chi connectivity index (χ2n) is 5.57. The van der Waals surface area contributed by atoms with E-state index in [1.807, 2.05) is 11.8 Å². The maximum Gasteiger partial charge on any atom is 0.193 e. The van der Waals surface area contributed by atoms with Gasteiger partial charge in [-0.05, 0) is 18.6 Å². The van der Waals surface area contributed by atoms with Crippen molar-refractivity contribution in [3.05, 3.63) is 30.1 Å². The normalized spacial score (nSPS) is 18.6. The molecule has 1 aliphatic heterocycles. The molecule has 1 fully saturated rings. The number of thioether (sulfide) groups is 1. The number of rotatable bonds is 5. The Morgan fingerprint density at radius 2 is 2.16 bits per heavy atom. The Morgan fingerprint density at radius 1 is 1.44 bits per heavy atom. The van der Waals surface area contributed by atoms with E-state index < -0.39 is 15.7 Å². The molecule has 0 saturated carbocycles. The van der Waals surface area contributed by atoms with Crippen molar-refractivity contribution in [2.75, 3.05) is 38.2 Å². The molecule has 0 aliphatic carbocycles. The van der Waals surface area contributed by atoms with E-state index in [-0.39, 0.29) is 41.2 Å². The van der Waals surface area contributed by atoms with Crippen molar-refractivity contribution >= 4 is 51.5 Å². The average molecular weight is 501 g/mol. The third-order valence-corrected chi connectivity index (χ3v) is 7.05. The molecule has 1 aromatic rings. The van der Waals surface area contributed by atoms with Gasteiger partial charge in [0.25, 0.3) is 0 Å². The van der Waals surface area contributed by atoms with E-state index >= 15 is 0 Å². The molecule has 5 nitrogen and oxygen atoms in total. The van der Waals surface area contributed by atoms with Crippen molar-refractivity contribution in [1.82, 2.24) is 10.2 Å². The highest BCUT2D eigenvalue weighted by Gasteiger charge is 2.22. The summed E-state index contributed by atoms with van der Waals surface area (Å²) in [7, 11) is -1.97. The van der Waals surface area contributed by atoms with Crippen LogP contribution in [0.4, 0.5) is 4.39 Å². The molecule has 1 saturated heterocycles. The van der Waals surface area contributed by atoms with Gasteiger partial charge >= 0.3 is 0 Å². The second kappa shape index (κ2) is 10.6. The molecule has 9 heteroatoms. The predicted octanol–water partition coefficient (Wildman–Crippen LogP) is 2.62. The van der Waals surface area contributed by atoms with E-state index in [0.29, 0.717) is 11.2 Å². The Balaban J connectivity index is 0.00000312. The molecule has 2 rings (SSSR count). The van der Waals surface area contributed by atoms with E-state index in [1.54, 1.807) is 7.05 Å². The fourth-order valence-corrected chi connectivity index (χ4v) is 5.02. The van der Waals surface area contributed by atoms with Crippen LogP contribution in [-0.4, -0.2) is 62.7 Å². The fraction of sp³-hybridized carbons (Fsp3) is 0.562. The number of hydrogen-bond donors (Lipinski definition) is 1. The molecular weight excluding hydrogens is 476 g/mol. The Bertz CT molecular complexity index is 686. The minimum Gasteiger partial charge on any atom is -0.355 e. The quantitative estimate of drug-likeness (QED) is 0.382. The second-order valence-corrected chi connectivity index (χ2v) is 9.06. The van der Waals surface area contributed by atoms with Crippen LogP contribution in [0.25, 0.3) is 0 Å². The zero-order valence-corrected chi connectivity index (χ0v) is 18.4. The molecule has 0 bridgehead atoms. The Kier molecular flexibility index (Phi) is 9.50. The zero-order valence-electron chi connectivity index (χ0n) is 14.4. The van der Waals surface area contributed by atoms with Crippen LogP contribution >= 0.6 is 35.7 Å². The molecule has 142 valence electrons. The first-order valence-corrected chi connectivity index (χ1v) is 10.7. The summed E-state index contributed by atoms with van der Waals surface area (Å²) in [6, 6.07) is 5.47. The number of sulfone groups is 1. The van der Waals surface area contributed by atoms with Gasteiger partial charge in [-0.25, -0.2) is 12.8 Å². The molecule has 1 heterocycles. The van der Waals surface area contributed by atoms with E-state index in [4.69, 9.17) is 0 Å². The number of nitrogens with one attached hydrogen (secondary N) is 1. The molecule has 0 spiro atoms. The number of benzene rings is 1. The SMILES string of the molecule is CCC1CN(C(=NC)NCCS(=O)(=O)c2ccccc2F)CCS1.I. The topological polar surface area (TPSA) is 61.8 Å². The van der Waals surface area contributed by atoms with Gasteiger partial charge in [0.05, 0.1) is 5.75 Å². The highest BCUT2D eigenvalue weighted by molar-refractivity contribution is 14.0. The summed E-state index contributed by atoms with van der Waals surface area (Å²) >= 11 is 1.96. The standard InChI is InChI=1S/C16H24FN3O2S2.HI/c1-3-13-12-20(9-10-23-13)16(18-2)19-8-11-24(21,22)15-7-5-4-6-14(15)17;/h4-7,13H,3,8-12H2,1-2H3,(H,18,19);1H. The number of guanidine groups is 1. The van der Waals surface area contributed by atoms with Crippen LogP contribution in [-0.2, 0) is 9.84 Å². The molecule has 0 aromatic heterocycles. The molecule has 0 amide bonds. The molecule has 1 aliphatic rings. The number of aliphatic imine (C=N–C) groups is 1. The summed E-state index contributed by atoms with van der Waals surface area (Å²) in [5, 5.41) is 3.66. The third kappa shape index (κ3) is 6.28. The van der Waals surface area contributed by atoms with E-state index in [1.165, 1.54) is 18.2 Å². The van der Waals surface area contributed by atoms with Crippen LogP contribution in [0.1, 0.15) is 13.3 Å². The predicted molar refractivity (Wildman–Crippen MR) is 113 cm³/mol. The summed E-state index contributed by atoms with van der Waals surface area (Å²) in [6.07, 6.45) is 1.10. The fourth-order valence-electron chi connectivity index (χ4n) is 2.60. The molecule has 0 radical (unpaired) electrons. The van der Waals surface area contributed by atoms with Gasteiger partial charge in [-0.1, -0.05) is 19.1 Å². The number of nitrogens with zero attached hydrogens (tertiary/aromatic N) is 2. The molecule has 1 unspecified atom stereocenters. The number of halogens is 2. The van der Waals surface area contributed by atoms with Crippen molar-refractivity contribution in [3.63, 3.8) is 0 Å². The van der Waals surface area contributed by atoms with Crippen molar-refractivity contribution in [3.8, 4) is 0 Å². The lowest BCUT2D eigenvalue weighted by Gasteiger charge is -2.34. The van der Waals surface area contributed by atoms with Crippen LogP contribution in [0.3, 0.4) is 0 Å². The summed E-state index contributed by atoms with van der Waals surface area (Å²) in [4.78, 5) is 6.15. The zero-order chi connectivity index (χ0) is 17.6. The van der Waals surface area contributed by atoms with Crippen molar-refractivity contribution < 1.29 is 12.8 Å². The van der Waals surface area contributed by atoms with Gasteiger partial charge in [0.1, 0.15) is 10.7 Å². The largest absolute Gasteiger partial charge is 0.355 e. The van der Waals surface area contributed by atoms with E-state index in [9.17, 15) is 12.8 Å². The molecule has 25 heavy (non-hydrogen) atoms. The third-order valence-electron chi connectivity index (χ3n) is 3.93. The van der Waals surface area contributed by atoms with Gasteiger partial charge in [0.2, 0.25) is 0 Å². The smallest absolute Gasteiger partial charge is 0.193 e. The number of hydrogen-bond acceptors (Lipinski definition) is 4. The van der Waals surface area contributed by atoms with Crippen LogP contribution in [0.15, 0.2) is 34.2 Å². The maximum atomic E-state index is 13.7. The minimum atomic E-state index is -3.66. The van der Waals surface area contributed by atoms with Crippen LogP contribution in [0.5, 0.6) is 0 Å². The van der Waals surface area contributed by atoms with Gasteiger partial charge < -0.3 is 10.2 Å². The minimum absolute atomic E-state index is 0. The highest BCUT2D eigenvalue weighted by atomic mass is 127. The lowest BCUT2D eigenvalue weighted by atomic mass is 10.3. The van der Waals surface area contributed by atoms with Crippen molar-refractivity contribution in [1.29, 1.82) is 0 Å². The van der Waals surface area contributed by atoms with Gasteiger partial charge in [0, 0.05) is 37.7 Å². The molecule has 1 atom stereocenters. The lowest BCUT2D eigenvalue weighted by molar-refractivity contribution is 0.409. The summed E-state index contributed by atoms with van der Waals surface area (Å²) in [6.45, 7) is 4.16. The Labute approximate surface area is 170 Å². The summed E-state index contributed by atoms with van der Waals surface area (Å²) in [5.74, 6) is 0.859. The molecule has 1 aromatic carbocycles. The van der Waals surface area contributed by atoms with Gasteiger partial charge in [-0.15, -0.1) is 24.0 Å². The van der Waals surface area contributed by atoms with E-state index in [0.717, 1.165) is 31.3 Å². The van der Waals surface area contributed by atoms with Gasteiger partial charge in [-0.2, -0.15) is 11.8 Å². The van der Waals surface area contributed by atoms with E-state index in [2.05, 4.69) is 22.1 Å². The highest BCUT2D eigenvalue weighted by Crippen LogP contribution is 2.21. The summed E-state index contributed by atoms with van der Waals surface area (Å²) < 4.78 is 38.2. The van der Waals surface area contributed by atoms with Crippen LogP contribution in [0, 0.1) is 5.82 Å². The van der Waals surface area contributed by atoms with Gasteiger partial charge in [0.15, 0.2) is 15.8 Å². The lowest BCUT2D eigenvalue weighted by Crippen LogP contribution is -2.48. The first-order valence-electron chi connectivity index (χ1n) is 8.02. The van der Waals surface area contributed by atoms with Crippen LogP contribution < -0.4 is 5.32 Å². The molecular formula is C16H25FIN3O2S2. The average Bonchev–Trinajstić information content (AvgIpc) is 2.59. The van der Waals surface area contributed by atoms with Crippen molar-refractivity contribution in [2.24, 2.45) is 4.99 Å². The van der Waals surface area contributed by atoms with Crippen LogP contribution in [0.2, 0.25) is 0 Å². The van der Waals surface area contributed by atoms with Crippen molar-refractivity contribution in [2.45, 2.75) is 23.5 Å². The monoisotopic (exact) mass is 501 g/mol.